The molecule has 2 aromatic rings. The Labute approximate surface area is 208 Å². The lowest BCUT2D eigenvalue weighted by molar-refractivity contribution is -0.139. The van der Waals surface area contributed by atoms with Crippen LogP contribution in [-0.2, 0) is 23.4 Å². The summed E-state index contributed by atoms with van der Waals surface area (Å²) >= 11 is 0. The number of carbonyl (C=O) groups is 1. The molecule has 2 N–H and O–H groups in total. The normalized spacial score (nSPS) is 18.9. The molecule has 0 unspecified atom stereocenters. The van der Waals surface area contributed by atoms with Gasteiger partial charge in [0.1, 0.15) is 0 Å². The largest absolute Gasteiger partial charge is 0.396 e. The fourth-order valence-electron chi connectivity index (χ4n) is 4.34. The van der Waals surface area contributed by atoms with E-state index in [9.17, 15) is 9.90 Å². The lowest BCUT2D eigenvalue weighted by Crippen LogP contribution is -2.44. The topological polar surface area (TPSA) is 91.5 Å². The van der Waals surface area contributed by atoms with Crippen LogP contribution in [0.1, 0.15) is 58.2 Å². The van der Waals surface area contributed by atoms with Gasteiger partial charge in [-0.05, 0) is 46.1 Å². The van der Waals surface area contributed by atoms with Gasteiger partial charge in [-0.25, -0.2) is 0 Å². The van der Waals surface area contributed by atoms with Crippen LogP contribution >= 0.6 is 0 Å². The summed E-state index contributed by atoms with van der Waals surface area (Å²) in [5, 5.41) is 28.8. The predicted octanol–water partition coefficient (Wildman–Crippen LogP) is 4.32. The van der Waals surface area contributed by atoms with Crippen LogP contribution < -0.4 is 4.90 Å². The van der Waals surface area contributed by atoms with Crippen molar-refractivity contribution in [2.24, 2.45) is 5.92 Å². The quantitative estimate of drug-likeness (QED) is 0.443. The number of aromatic nitrogens is 3. The molecule has 0 fully saturated rings. The number of para-hydroxylation sites is 1. The van der Waals surface area contributed by atoms with E-state index in [1.165, 1.54) is 11.1 Å². The van der Waals surface area contributed by atoms with Crippen molar-refractivity contribution in [2.75, 3.05) is 18.1 Å². The second-order valence-electron chi connectivity index (χ2n) is 9.52. The number of hydrogen-bond donors (Lipinski definition) is 2. The van der Waals surface area contributed by atoms with Crippen LogP contribution in [0.25, 0.3) is 0 Å². The van der Waals surface area contributed by atoms with Crippen molar-refractivity contribution in [3.05, 3.63) is 77.2 Å². The standard InChI is InChI=1S/C28H38N4O3/c1-21(2)10-9-11-22(3)15-18-32-26-14-6-5-13-25(26)28(35,27(32)34)23(4)12-7-8-17-31-20-24(16-19-33)29-30-31/h5-7,10,12-15,20,23,33,35H,8-9,11,16-19H2,1-4H3/b12-7+,22-15+/t23-,28+/m0/s1. The first-order chi connectivity index (χ1) is 16.8. The summed E-state index contributed by atoms with van der Waals surface area (Å²) in [6.07, 6.45) is 13.1. The Morgan fingerprint density at radius 3 is 2.69 bits per heavy atom. The number of aliphatic hydroxyl groups excluding tert-OH is 1. The van der Waals surface area contributed by atoms with Gasteiger partial charge in [0, 0.05) is 43.8 Å². The molecule has 1 amide bonds. The SMILES string of the molecule is CC(C)=CCC/C(C)=C/CN1C(=O)[C@@](O)([C@@H](C)/C=C/CCn2cc(CCO)nn2)c2ccccc21. The maximum atomic E-state index is 13.5. The van der Waals surface area contributed by atoms with Gasteiger partial charge in [0.15, 0.2) is 5.60 Å². The van der Waals surface area contributed by atoms with E-state index in [2.05, 4.69) is 43.2 Å². The highest BCUT2D eigenvalue weighted by Crippen LogP contribution is 2.45. The number of anilines is 1. The Morgan fingerprint density at radius 1 is 1.17 bits per heavy atom. The van der Waals surface area contributed by atoms with Crippen molar-refractivity contribution in [3.8, 4) is 0 Å². The molecule has 0 bridgehead atoms. The van der Waals surface area contributed by atoms with Crippen molar-refractivity contribution >= 4 is 11.6 Å². The molecular weight excluding hydrogens is 440 g/mol. The van der Waals surface area contributed by atoms with E-state index in [1.54, 1.807) is 9.58 Å². The minimum absolute atomic E-state index is 0.0481. The molecule has 0 radical (unpaired) electrons. The van der Waals surface area contributed by atoms with Crippen molar-refractivity contribution in [3.63, 3.8) is 0 Å². The van der Waals surface area contributed by atoms with Crippen molar-refractivity contribution in [2.45, 2.75) is 65.5 Å². The molecule has 1 aliphatic heterocycles. The number of aliphatic hydroxyl groups is 2. The summed E-state index contributed by atoms with van der Waals surface area (Å²) in [6.45, 7) is 9.28. The molecule has 7 heteroatoms. The maximum absolute atomic E-state index is 13.5. The number of aryl methyl sites for hydroxylation is 1. The Hall–Kier alpha value is -3.03. The van der Waals surface area contributed by atoms with Crippen LogP contribution in [0.3, 0.4) is 0 Å². The predicted molar refractivity (Wildman–Crippen MR) is 139 cm³/mol. The Balaban J connectivity index is 1.68. The third-order valence-electron chi connectivity index (χ3n) is 6.45. The van der Waals surface area contributed by atoms with Gasteiger partial charge in [-0.15, -0.1) is 5.10 Å². The van der Waals surface area contributed by atoms with Crippen LogP contribution in [0.5, 0.6) is 0 Å². The molecule has 0 saturated heterocycles. The summed E-state index contributed by atoms with van der Waals surface area (Å²) in [5.41, 5.74) is 3.12. The minimum atomic E-state index is -1.60. The molecule has 0 aliphatic carbocycles. The number of hydrogen-bond acceptors (Lipinski definition) is 5. The highest BCUT2D eigenvalue weighted by atomic mass is 16.3. The zero-order valence-corrected chi connectivity index (χ0v) is 21.3. The van der Waals surface area contributed by atoms with E-state index in [4.69, 9.17) is 5.11 Å². The van der Waals surface area contributed by atoms with Crippen LogP contribution in [-0.4, -0.2) is 44.3 Å². The van der Waals surface area contributed by atoms with Gasteiger partial charge in [-0.3, -0.25) is 9.48 Å². The van der Waals surface area contributed by atoms with E-state index in [1.807, 2.05) is 49.5 Å². The molecule has 0 saturated carbocycles. The zero-order chi connectivity index (χ0) is 25.4. The van der Waals surface area contributed by atoms with Gasteiger partial charge in [0.2, 0.25) is 0 Å². The molecule has 1 aromatic heterocycles. The molecule has 7 nitrogen and oxygen atoms in total. The zero-order valence-electron chi connectivity index (χ0n) is 21.3. The number of rotatable bonds is 12. The third kappa shape index (κ3) is 6.35. The van der Waals surface area contributed by atoms with Crippen LogP contribution in [0.15, 0.2) is 65.9 Å². The molecule has 0 spiro atoms. The van der Waals surface area contributed by atoms with Crippen LogP contribution in [0, 0.1) is 5.92 Å². The second-order valence-corrected chi connectivity index (χ2v) is 9.52. The van der Waals surface area contributed by atoms with Crippen LogP contribution in [0.4, 0.5) is 5.69 Å². The smallest absolute Gasteiger partial charge is 0.264 e. The summed E-state index contributed by atoms with van der Waals surface area (Å²) in [6, 6.07) is 7.52. The van der Waals surface area contributed by atoms with E-state index >= 15 is 0 Å². The molecule has 3 rings (SSSR count). The van der Waals surface area contributed by atoms with Gasteiger partial charge in [-0.1, -0.05) is 65.8 Å². The molecule has 35 heavy (non-hydrogen) atoms. The summed E-state index contributed by atoms with van der Waals surface area (Å²) in [7, 11) is 0. The molecule has 1 aromatic carbocycles. The summed E-state index contributed by atoms with van der Waals surface area (Å²) < 4.78 is 1.73. The molecule has 2 atom stereocenters. The maximum Gasteiger partial charge on any atom is 0.264 e. The van der Waals surface area contributed by atoms with E-state index in [-0.39, 0.29) is 12.5 Å². The van der Waals surface area contributed by atoms with Gasteiger partial charge < -0.3 is 15.1 Å². The van der Waals surface area contributed by atoms with Crippen molar-refractivity contribution < 1.29 is 15.0 Å². The average molecular weight is 479 g/mol. The number of carbonyl (C=O) groups excluding carboxylic acids is 1. The van der Waals surface area contributed by atoms with Gasteiger partial charge in [-0.2, -0.15) is 0 Å². The second kappa shape index (κ2) is 12.1. The lowest BCUT2D eigenvalue weighted by atomic mass is 9.83. The van der Waals surface area contributed by atoms with Gasteiger partial charge in [0.25, 0.3) is 5.91 Å². The van der Waals surface area contributed by atoms with Crippen molar-refractivity contribution in [1.82, 2.24) is 15.0 Å². The first kappa shape index (κ1) is 26.6. The monoisotopic (exact) mass is 478 g/mol. The molecular formula is C28H38N4O3. The number of benzene rings is 1. The molecule has 188 valence electrons. The van der Waals surface area contributed by atoms with Crippen molar-refractivity contribution in [1.29, 1.82) is 0 Å². The fourth-order valence-corrected chi connectivity index (χ4v) is 4.34. The first-order valence-corrected chi connectivity index (χ1v) is 12.4. The Bertz CT molecular complexity index is 1100. The van der Waals surface area contributed by atoms with Gasteiger partial charge in [0.05, 0.1) is 11.4 Å². The highest BCUT2D eigenvalue weighted by Gasteiger charge is 2.52. The summed E-state index contributed by atoms with van der Waals surface area (Å²) in [5.74, 6) is -0.682. The molecule has 1 aliphatic rings. The van der Waals surface area contributed by atoms with Crippen LogP contribution in [0.2, 0.25) is 0 Å². The lowest BCUT2D eigenvalue weighted by Gasteiger charge is -2.27. The third-order valence-corrected chi connectivity index (χ3v) is 6.45. The highest BCUT2D eigenvalue weighted by molar-refractivity contribution is 6.07. The molecule has 2 heterocycles. The first-order valence-electron chi connectivity index (χ1n) is 12.4. The number of amides is 1. The average Bonchev–Trinajstić information content (AvgIpc) is 3.36. The Kier molecular flexibility index (Phi) is 9.18. The summed E-state index contributed by atoms with van der Waals surface area (Å²) in [4.78, 5) is 15.2. The van der Waals surface area contributed by atoms with E-state index in [0.717, 1.165) is 24.2 Å². The number of nitrogens with zero attached hydrogens (tertiary/aromatic N) is 4. The van der Waals surface area contributed by atoms with E-state index in [0.29, 0.717) is 31.5 Å². The number of allylic oxidation sites excluding steroid dienone is 4. The Morgan fingerprint density at radius 2 is 1.94 bits per heavy atom. The fraction of sp³-hybridized carbons (Fsp3) is 0.464. The van der Waals surface area contributed by atoms with Gasteiger partial charge >= 0.3 is 0 Å². The number of fused-ring (bicyclic) bond motifs is 1. The minimum Gasteiger partial charge on any atom is -0.396 e. The van der Waals surface area contributed by atoms with E-state index < -0.39 is 11.5 Å².